The summed E-state index contributed by atoms with van der Waals surface area (Å²) in [5.74, 6) is -0.966. The van der Waals surface area contributed by atoms with Gasteiger partial charge in [-0.25, -0.2) is 4.68 Å². The third kappa shape index (κ3) is 4.27. The summed E-state index contributed by atoms with van der Waals surface area (Å²) < 4.78 is 17.3. The van der Waals surface area contributed by atoms with Gasteiger partial charge in [0.1, 0.15) is 17.0 Å². The summed E-state index contributed by atoms with van der Waals surface area (Å²) in [7, 11) is 1.48. The van der Waals surface area contributed by atoms with Gasteiger partial charge in [-0.15, -0.1) is 0 Å². The van der Waals surface area contributed by atoms with Crippen LogP contribution in [-0.2, 0) is 9.59 Å². The molecular formula is C26H22N4O6. The first-order valence-corrected chi connectivity index (χ1v) is 11.0. The van der Waals surface area contributed by atoms with Crippen LogP contribution in [0.25, 0.3) is 10.9 Å². The molecule has 0 bridgehead atoms. The Morgan fingerprint density at radius 1 is 0.889 bits per heavy atom. The lowest BCUT2D eigenvalue weighted by Crippen LogP contribution is -2.36. The number of carbonyl (C=O) groups excluding carboxylic acids is 3. The lowest BCUT2D eigenvalue weighted by atomic mass is 10.2. The van der Waals surface area contributed by atoms with Gasteiger partial charge in [-0.2, -0.15) is 0 Å². The van der Waals surface area contributed by atoms with Crippen molar-refractivity contribution < 1.29 is 28.6 Å². The maximum absolute atomic E-state index is 13.3. The van der Waals surface area contributed by atoms with Crippen LogP contribution >= 0.6 is 0 Å². The fourth-order valence-electron chi connectivity index (χ4n) is 3.89. The number of amides is 3. The summed E-state index contributed by atoms with van der Waals surface area (Å²) in [4.78, 5) is 38.9. The van der Waals surface area contributed by atoms with Crippen molar-refractivity contribution in [1.82, 2.24) is 4.68 Å². The number of nitrogens with zero attached hydrogens (tertiary/aromatic N) is 1. The van der Waals surface area contributed by atoms with Gasteiger partial charge in [0.15, 0.2) is 11.5 Å². The number of anilines is 2. The Kier molecular flexibility index (Phi) is 5.91. The van der Waals surface area contributed by atoms with Crippen molar-refractivity contribution >= 4 is 40.0 Å². The number of rotatable bonds is 5. The monoisotopic (exact) mass is 486 g/mol. The van der Waals surface area contributed by atoms with Crippen LogP contribution in [0.4, 0.5) is 11.4 Å². The minimum Gasteiger partial charge on any atom is -0.494 e. The van der Waals surface area contributed by atoms with Crippen LogP contribution in [0.15, 0.2) is 66.7 Å². The van der Waals surface area contributed by atoms with E-state index in [0.717, 1.165) is 5.56 Å². The predicted octanol–water partition coefficient (Wildman–Crippen LogP) is 3.65. The summed E-state index contributed by atoms with van der Waals surface area (Å²) in [6, 6.07) is 19.0. The van der Waals surface area contributed by atoms with Gasteiger partial charge in [0, 0.05) is 22.8 Å². The highest BCUT2D eigenvalue weighted by atomic mass is 16.7. The zero-order valence-electron chi connectivity index (χ0n) is 19.5. The van der Waals surface area contributed by atoms with Gasteiger partial charge in [-0.05, 0) is 42.8 Å². The molecule has 1 aliphatic heterocycles. The maximum atomic E-state index is 13.3. The number of hydrogen-bond donors (Lipinski definition) is 3. The number of para-hydroxylation sites is 2. The average molecular weight is 486 g/mol. The van der Waals surface area contributed by atoms with Crippen molar-refractivity contribution in [2.24, 2.45) is 0 Å². The van der Waals surface area contributed by atoms with E-state index < -0.39 is 17.7 Å². The number of ether oxygens (including phenoxy) is 3. The Labute approximate surface area is 205 Å². The molecule has 3 aromatic carbocycles. The predicted molar refractivity (Wildman–Crippen MR) is 133 cm³/mol. The van der Waals surface area contributed by atoms with Gasteiger partial charge in [-0.3, -0.25) is 19.8 Å². The standard InChI is InChI=1S/C26H22N4O6/c1-15-6-3-4-8-18(15)28-24(31)19-12-16-7-5-9-21(34-2)23(16)30(19)29-26(33)25(32)27-17-10-11-20-22(13-17)36-14-35-20/h3-13H,14H2,1-2H3,(H,27,32)(H,28,31)(H,29,33). The van der Waals surface area contributed by atoms with Gasteiger partial charge >= 0.3 is 11.8 Å². The molecule has 0 saturated heterocycles. The van der Waals surface area contributed by atoms with E-state index in [2.05, 4.69) is 16.1 Å². The van der Waals surface area contributed by atoms with Crippen LogP contribution in [0.1, 0.15) is 16.1 Å². The Bertz CT molecular complexity index is 1510. The summed E-state index contributed by atoms with van der Waals surface area (Å²) in [6.45, 7) is 1.96. The number of aryl methyl sites for hydroxylation is 1. The first kappa shape index (κ1) is 22.8. The molecule has 1 aliphatic rings. The number of aromatic nitrogens is 1. The van der Waals surface area contributed by atoms with E-state index in [1.165, 1.54) is 11.8 Å². The number of carbonyl (C=O) groups is 3. The summed E-state index contributed by atoms with van der Waals surface area (Å²) >= 11 is 0. The van der Waals surface area contributed by atoms with Crippen molar-refractivity contribution in [3.63, 3.8) is 0 Å². The van der Waals surface area contributed by atoms with Crippen molar-refractivity contribution in [3.05, 3.63) is 78.0 Å². The molecular weight excluding hydrogens is 464 g/mol. The van der Waals surface area contributed by atoms with Crippen LogP contribution in [0.3, 0.4) is 0 Å². The molecule has 5 rings (SSSR count). The molecule has 0 fully saturated rings. The SMILES string of the molecule is COc1cccc2cc(C(=O)Nc3ccccc3C)n(NC(=O)C(=O)Nc3ccc4c(c3)OCO4)c12. The molecule has 36 heavy (non-hydrogen) atoms. The third-order valence-electron chi connectivity index (χ3n) is 5.68. The van der Waals surface area contributed by atoms with E-state index in [4.69, 9.17) is 14.2 Å². The van der Waals surface area contributed by atoms with Crippen LogP contribution in [0.2, 0.25) is 0 Å². The van der Waals surface area contributed by atoms with Crippen LogP contribution in [0, 0.1) is 6.92 Å². The molecule has 0 spiro atoms. The number of nitrogens with one attached hydrogen (secondary N) is 3. The Morgan fingerprint density at radius 3 is 2.50 bits per heavy atom. The third-order valence-corrected chi connectivity index (χ3v) is 5.68. The fraction of sp³-hybridized carbons (Fsp3) is 0.115. The summed E-state index contributed by atoms with van der Waals surface area (Å²) in [5, 5.41) is 6.02. The normalized spacial score (nSPS) is 11.7. The second-order valence-electron chi connectivity index (χ2n) is 8.00. The van der Waals surface area contributed by atoms with Gasteiger partial charge < -0.3 is 24.8 Å². The molecule has 182 valence electrons. The highest BCUT2D eigenvalue weighted by Crippen LogP contribution is 2.34. The van der Waals surface area contributed by atoms with Crippen molar-refractivity contribution in [2.75, 3.05) is 30.0 Å². The molecule has 4 aromatic rings. The van der Waals surface area contributed by atoms with Crippen molar-refractivity contribution in [1.29, 1.82) is 0 Å². The molecule has 10 heteroatoms. The van der Waals surface area contributed by atoms with E-state index in [0.29, 0.717) is 39.5 Å². The van der Waals surface area contributed by atoms with E-state index in [-0.39, 0.29) is 12.5 Å². The molecule has 0 saturated carbocycles. The molecule has 0 aliphatic carbocycles. The van der Waals surface area contributed by atoms with Crippen LogP contribution < -0.4 is 30.3 Å². The minimum absolute atomic E-state index is 0.0864. The highest BCUT2D eigenvalue weighted by Gasteiger charge is 2.24. The Balaban J connectivity index is 1.44. The minimum atomic E-state index is -0.985. The quantitative estimate of drug-likeness (QED) is 0.371. The number of methoxy groups -OCH3 is 1. The van der Waals surface area contributed by atoms with Crippen LogP contribution in [0.5, 0.6) is 17.2 Å². The first-order valence-electron chi connectivity index (χ1n) is 11.0. The number of fused-ring (bicyclic) bond motifs is 2. The molecule has 0 radical (unpaired) electrons. The van der Waals surface area contributed by atoms with Gasteiger partial charge in [0.25, 0.3) is 5.91 Å². The lowest BCUT2D eigenvalue weighted by Gasteiger charge is -2.14. The Hall–Kier alpha value is -4.99. The van der Waals surface area contributed by atoms with Crippen molar-refractivity contribution in [2.45, 2.75) is 6.92 Å². The van der Waals surface area contributed by atoms with E-state index in [1.807, 2.05) is 25.1 Å². The molecule has 3 amide bonds. The summed E-state index contributed by atoms with van der Waals surface area (Å²) in [6.07, 6.45) is 0. The lowest BCUT2D eigenvalue weighted by molar-refractivity contribution is -0.133. The number of hydrogen-bond acceptors (Lipinski definition) is 6. The molecule has 10 nitrogen and oxygen atoms in total. The zero-order valence-corrected chi connectivity index (χ0v) is 19.5. The zero-order chi connectivity index (χ0) is 25.2. The summed E-state index contributed by atoms with van der Waals surface area (Å²) in [5.41, 5.74) is 4.92. The van der Waals surface area contributed by atoms with E-state index in [1.54, 1.807) is 48.5 Å². The first-order chi connectivity index (χ1) is 17.4. The molecule has 0 atom stereocenters. The smallest absolute Gasteiger partial charge is 0.328 e. The van der Waals surface area contributed by atoms with Crippen molar-refractivity contribution in [3.8, 4) is 17.2 Å². The number of benzene rings is 3. The maximum Gasteiger partial charge on any atom is 0.328 e. The Morgan fingerprint density at radius 2 is 1.69 bits per heavy atom. The van der Waals surface area contributed by atoms with Gasteiger partial charge in [0.2, 0.25) is 6.79 Å². The molecule has 1 aromatic heterocycles. The average Bonchev–Trinajstić information content (AvgIpc) is 3.49. The fourth-order valence-corrected chi connectivity index (χ4v) is 3.89. The largest absolute Gasteiger partial charge is 0.494 e. The molecule has 2 heterocycles. The van der Waals surface area contributed by atoms with Gasteiger partial charge in [-0.1, -0.05) is 30.3 Å². The second kappa shape index (κ2) is 9.34. The second-order valence-corrected chi connectivity index (χ2v) is 8.00. The molecule has 3 N–H and O–H groups in total. The van der Waals surface area contributed by atoms with Crippen LogP contribution in [-0.4, -0.2) is 36.3 Å². The van der Waals surface area contributed by atoms with Gasteiger partial charge in [0.05, 0.1) is 7.11 Å². The topological polar surface area (TPSA) is 120 Å². The van der Waals surface area contributed by atoms with E-state index >= 15 is 0 Å². The van der Waals surface area contributed by atoms with E-state index in [9.17, 15) is 14.4 Å². The highest BCUT2D eigenvalue weighted by molar-refractivity contribution is 6.42. The molecule has 0 unspecified atom stereocenters.